The summed E-state index contributed by atoms with van der Waals surface area (Å²) in [6.07, 6.45) is 1.74. The average Bonchev–Trinajstić information content (AvgIpc) is 2.61. The fourth-order valence-electron chi connectivity index (χ4n) is 2.85. The van der Waals surface area contributed by atoms with Crippen molar-refractivity contribution in [1.82, 2.24) is 14.3 Å². The van der Waals surface area contributed by atoms with E-state index < -0.39 is 0 Å². The van der Waals surface area contributed by atoms with Crippen LogP contribution in [0.15, 0.2) is 53.5 Å². The number of methoxy groups -OCH3 is 1. The van der Waals surface area contributed by atoms with Crippen LogP contribution < -0.4 is 5.56 Å². The van der Waals surface area contributed by atoms with E-state index in [1.807, 2.05) is 19.1 Å². The minimum Gasteiger partial charge on any atom is -0.383 e. The maximum Gasteiger partial charge on any atom is 0.258 e. The Bertz CT molecular complexity index is 938. The molecule has 0 radical (unpaired) electrons. The van der Waals surface area contributed by atoms with Gasteiger partial charge >= 0.3 is 0 Å². The number of fused-ring (bicyclic) bond motifs is 1. The standard InChI is InChI=1S/C20H22FN3O2/c1-15-7-8-24-19(11-15)22-18(12-20(24)25)14-23(9-10-26-2)13-16-3-5-17(21)6-4-16/h3-8,11-12H,9-10,13-14H2,1-2H3. The van der Waals surface area contributed by atoms with E-state index >= 15 is 0 Å². The number of hydrogen-bond donors (Lipinski definition) is 0. The van der Waals surface area contributed by atoms with Gasteiger partial charge in [0.25, 0.3) is 5.56 Å². The van der Waals surface area contributed by atoms with Crippen molar-refractivity contribution in [2.75, 3.05) is 20.3 Å². The molecule has 26 heavy (non-hydrogen) atoms. The number of aromatic nitrogens is 2. The van der Waals surface area contributed by atoms with Crippen molar-refractivity contribution in [2.45, 2.75) is 20.0 Å². The van der Waals surface area contributed by atoms with E-state index in [0.717, 1.165) is 11.1 Å². The second kappa shape index (κ2) is 8.21. The monoisotopic (exact) mass is 355 g/mol. The van der Waals surface area contributed by atoms with E-state index in [1.165, 1.54) is 16.5 Å². The average molecular weight is 355 g/mol. The van der Waals surface area contributed by atoms with Crippen LogP contribution in [0.25, 0.3) is 5.65 Å². The number of pyridine rings is 1. The highest BCUT2D eigenvalue weighted by atomic mass is 19.1. The fraction of sp³-hybridized carbons (Fsp3) is 0.300. The third-order valence-corrected chi connectivity index (χ3v) is 4.19. The predicted molar refractivity (Wildman–Crippen MR) is 98.6 cm³/mol. The minimum absolute atomic E-state index is 0.0986. The second-order valence-corrected chi connectivity index (χ2v) is 6.35. The first-order valence-electron chi connectivity index (χ1n) is 8.50. The molecule has 0 unspecified atom stereocenters. The van der Waals surface area contributed by atoms with Gasteiger partial charge in [-0.25, -0.2) is 9.37 Å². The van der Waals surface area contributed by atoms with Crippen LogP contribution in [-0.4, -0.2) is 34.5 Å². The molecule has 3 rings (SSSR count). The molecule has 0 bridgehead atoms. The number of hydrogen-bond acceptors (Lipinski definition) is 4. The zero-order valence-electron chi connectivity index (χ0n) is 15.0. The maximum atomic E-state index is 13.1. The largest absolute Gasteiger partial charge is 0.383 e. The molecule has 5 nitrogen and oxygen atoms in total. The molecule has 6 heteroatoms. The first kappa shape index (κ1) is 18.2. The van der Waals surface area contributed by atoms with E-state index in [0.29, 0.717) is 37.6 Å². The summed E-state index contributed by atoms with van der Waals surface area (Å²) in [4.78, 5) is 19.1. The Balaban J connectivity index is 1.84. The Morgan fingerprint density at radius 1 is 1.15 bits per heavy atom. The lowest BCUT2D eigenvalue weighted by molar-refractivity contribution is 0.139. The van der Waals surface area contributed by atoms with Crippen LogP contribution in [0.4, 0.5) is 4.39 Å². The third-order valence-electron chi connectivity index (χ3n) is 4.19. The maximum absolute atomic E-state index is 13.1. The van der Waals surface area contributed by atoms with Crippen LogP contribution in [0, 0.1) is 12.7 Å². The zero-order chi connectivity index (χ0) is 18.5. The fourth-order valence-corrected chi connectivity index (χ4v) is 2.85. The Morgan fingerprint density at radius 2 is 1.92 bits per heavy atom. The lowest BCUT2D eigenvalue weighted by atomic mass is 10.2. The highest BCUT2D eigenvalue weighted by Crippen LogP contribution is 2.10. The lowest BCUT2D eigenvalue weighted by Crippen LogP contribution is -2.28. The Morgan fingerprint density at radius 3 is 2.65 bits per heavy atom. The predicted octanol–water partition coefficient (Wildman–Crippen LogP) is 2.79. The summed E-state index contributed by atoms with van der Waals surface area (Å²) >= 11 is 0. The van der Waals surface area contributed by atoms with Crippen molar-refractivity contribution in [2.24, 2.45) is 0 Å². The summed E-state index contributed by atoms with van der Waals surface area (Å²) in [5.74, 6) is -0.253. The van der Waals surface area contributed by atoms with Crippen LogP contribution in [0.3, 0.4) is 0 Å². The molecule has 0 atom stereocenters. The van der Waals surface area contributed by atoms with Crippen LogP contribution in [0.5, 0.6) is 0 Å². The molecule has 1 aromatic carbocycles. The molecular weight excluding hydrogens is 333 g/mol. The number of benzene rings is 1. The van der Waals surface area contributed by atoms with Gasteiger partial charge in [0.15, 0.2) is 0 Å². The topological polar surface area (TPSA) is 46.8 Å². The Labute approximate surface area is 151 Å². The highest BCUT2D eigenvalue weighted by molar-refractivity contribution is 5.41. The second-order valence-electron chi connectivity index (χ2n) is 6.35. The summed E-state index contributed by atoms with van der Waals surface area (Å²) in [6.45, 7) is 4.35. The summed E-state index contributed by atoms with van der Waals surface area (Å²) in [5, 5.41) is 0. The SMILES string of the molecule is COCCN(Cc1ccc(F)cc1)Cc1cc(=O)n2ccc(C)cc2n1. The van der Waals surface area contributed by atoms with Gasteiger partial charge in [-0.3, -0.25) is 14.1 Å². The van der Waals surface area contributed by atoms with Crippen LogP contribution in [-0.2, 0) is 17.8 Å². The van der Waals surface area contributed by atoms with Crippen LogP contribution >= 0.6 is 0 Å². The molecule has 0 amide bonds. The molecule has 0 saturated heterocycles. The van der Waals surface area contributed by atoms with Gasteiger partial charge in [0.05, 0.1) is 12.3 Å². The molecule has 0 aliphatic carbocycles. The van der Waals surface area contributed by atoms with Gasteiger partial charge in [-0.2, -0.15) is 0 Å². The molecule has 136 valence electrons. The molecule has 0 fully saturated rings. The summed E-state index contributed by atoms with van der Waals surface area (Å²) in [6, 6.07) is 11.8. The van der Waals surface area contributed by atoms with E-state index in [9.17, 15) is 9.18 Å². The number of nitrogens with zero attached hydrogens (tertiary/aromatic N) is 3. The van der Waals surface area contributed by atoms with E-state index in [-0.39, 0.29) is 11.4 Å². The van der Waals surface area contributed by atoms with Crippen molar-refractivity contribution in [3.63, 3.8) is 0 Å². The van der Waals surface area contributed by atoms with Crippen LogP contribution in [0.2, 0.25) is 0 Å². The number of halogens is 1. The summed E-state index contributed by atoms with van der Waals surface area (Å²) in [7, 11) is 1.65. The van der Waals surface area contributed by atoms with Crippen molar-refractivity contribution in [1.29, 1.82) is 0 Å². The van der Waals surface area contributed by atoms with Crippen molar-refractivity contribution >= 4 is 5.65 Å². The third kappa shape index (κ3) is 4.53. The lowest BCUT2D eigenvalue weighted by Gasteiger charge is -2.22. The Hall–Kier alpha value is -2.57. The smallest absolute Gasteiger partial charge is 0.258 e. The molecule has 2 aromatic heterocycles. The van der Waals surface area contributed by atoms with Crippen molar-refractivity contribution in [3.05, 3.63) is 81.7 Å². The minimum atomic E-state index is -0.253. The summed E-state index contributed by atoms with van der Waals surface area (Å²) in [5.41, 5.74) is 3.30. The van der Waals surface area contributed by atoms with Crippen LogP contribution in [0.1, 0.15) is 16.8 Å². The molecule has 0 N–H and O–H groups in total. The first-order valence-corrected chi connectivity index (χ1v) is 8.50. The number of aryl methyl sites for hydroxylation is 1. The van der Waals surface area contributed by atoms with Gasteiger partial charge in [0.2, 0.25) is 0 Å². The van der Waals surface area contributed by atoms with Crippen molar-refractivity contribution < 1.29 is 9.13 Å². The normalized spacial score (nSPS) is 11.4. The summed E-state index contributed by atoms with van der Waals surface area (Å²) < 4.78 is 19.8. The van der Waals surface area contributed by atoms with Gasteiger partial charge < -0.3 is 4.74 Å². The molecule has 2 heterocycles. The van der Waals surface area contributed by atoms with E-state index in [4.69, 9.17) is 4.74 Å². The van der Waals surface area contributed by atoms with Gasteiger partial charge in [0, 0.05) is 39.0 Å². The molecule has 0 spiro atoms. The molecule has 0 aliphatic rings. The quantitative estimate of drug-likeness (QED) is 0.654. The number of ether oxygens (including phenoxy) is 1. The highest BCUT2D eigenvalue weighted by Gasteiger charge is 2.10. The molecule has 0 saturated carbocycles. The van der Waals surface area contributed by atoms with E-state index in [1.54, 1.807) is 31.5 Å². The van der Waals surface area contributed by atoms with E-state index in [2.05, 4.69) is 9.88 Å². The molecule has 0 aliphatic heterocycles. The zero-order valence-corrected chi connectivity index (χ0v) is 15.0. The van der Waals surface area contributed by atoms with Gasteiger partial charge in [-0.15, -0.1) is 0 Å². The van der Waals surface area contributed by atoms with Gasteiger partial charge in [-0.05, 0) is 42.3 Å². The molecular formula is C20H22FN3O2. The van der Waals surface area contributed by atoms with Gasteiger partial charge in [0.1, 0.15) is 11.5 Å². The first-order chi connectivity index (χ1) is 12.5. The van der Waals surface area contributed by atoms with Gasteiger partial charge in [-0.1, -0.05) is 12.1 Å². The number of rotatable bonds is 7. The Kier molecular flexibility index (Phi) is 5.75. The molecule has 3 aromatic rings. The van der Waals surface area contributed by atoms with Crippen molar-refractivity contribution in [3.8, 4) is 0 Å².